The number of likely N-dealkylation sites (N-methyl/N-ethyl adjacent to an activating group) is 1. The number of carbonyl (C=O) groups excluding carboxylic acids is 1. The third-order valence-electron chi connectivity index (χ3n) is 3.63. The molecule has 1 aliphatic heterocycles. The molecule has 0 aromatic heterocycles. The van der Waals surface area contributed by atoms with Gasteiger partial charge in [-0.2, -0.15) is 13.7 Å². The van der Waals surface area contributed by atoms with Gasteiger partial charge >= 0.3 is 0 Å². The molecule has 0 radical (unpaired) electrons. The van der Waals surface area contributed by atoms with Crippen LogP contribution in [-0.2, 0) is 14.8 Å². The van der Waals surface area contributed by atoms with Gasteiger partial charge in [0.25, 0.3) is 10.0 Å². The van der Waals surface area contributed by atoms with Crippen LogP contribution in [0.4, 0.5) is 5.69 Å². The van der Waals surface area contributed by atoms with Crippen molar-refractivity contribution in [3.05, 3.63) is 59.7 Å². The molecule has 0 fully saturated rings. The number of rotatable bonds is 3. The first-order valence-electron chi connectivity index (χ1n) is 7.36. The minimum Gasteiger partial charge on any atom is -0.349 e. The predicted molar refractivity (Wildman–Crippen MR) is 92.6 cm³/mol. The standard InChI is InChI=1S/C17H14N4O3S/c1-21(11-16(22)19-13-6-4-5-12(9-13)10-18)17-14-7-2-3-8-15(14)25(23,24)20-17/h2-9H,11H2,1H3,(H,19,22). The number of nitriles is 1. The third kappa shape index (κ3) is 3.36. The quantitative estimate of drug-likeness (QED) is 0.901. The highest BCUT2D eigenvalue weighted by atomic mass is 32.2. The summed E-state index contributed by atoms with van der Waals surface area (Å²) in [7, 11) is -2.13. The Morgan fingerprint density at radius 1 is 1.24 bits per heavy atom. The Kier molecular flexibility index (Phi) is 4.25. The van der Waals surface area contributed by atoms with Gasteiger partial charge in [-0.15, -0.1) is 4.40 Å². The summed E-state index contributed by atoms with van der Waals surface area (Å²) in [5.41, 5.74) is 1.41. The van der Waals surface area contributed by atoms with Crippen LogP contribution >= 0.6 is 0 Å². The van der Waals surface area contributed by atoms with Crippen molar-refractivity contribution in [1.29, 1.82) is 5.26 Å². The Morgan fingerprint density at radius 2 is 2.00 bits per heavy atom. The summed E-state index contributed by atoms with van der Waals surface area (Å²) < 4.78 is 27.9. The lowest BCUT2D eigenvalue weighted by molar-refractivity contribution is -0.116. The van der Waals surface area contributed by atoms with Gasteiger partial charge in [-0.05, 0) is 30.3 Å². The van der Waals surface area contributed by atoms with Crippen molar-refractivity contribution in [3.63, 3.8) is 0 Å². The Morgan fingerprint density at radius 3 is 2.76 bits per heavy atom. The Hall–Kier alpha value is -3.18. The highest BCUT2D eigenvalue weighted by Gasteiger charge is 2.30. The van der Waals surface area contributed by atoms with E-state index in [-0.39, 0.29) is 23.2 Å². The molecule has 0 unspecified atom stereocenters. The van der Waals surface area contributed by atoms with Crippen molar-refractivity contribution in [2.75, 3.05) is 18.9 Å². The minimum absolute atomic E-state index is 0.0839. The number of carbonyl (C=O) groups is 1. The fourth-order valence-corrected chi connectivity index (χ4v) is 3.77. The van der Waals surface area contributed by atoms with Gasteiger partial charge in [0, 0.05) is 18.3 Å². The van der Waals surface area contributed by atoms with Crippen molar-refractivity contribution in [3.8, 4) is 6.07 Å². The van der Waals surface area contributed by atoms with E-state index >= 15 is 0 Å². The number of nitrogens with one attached hydrogen (secondary N) is 1. The molecular weight excluding hydrogens is 340 g/mol. The van der Waals surface area contributed by atoms with Gasteiger partial charge in [0.15, 0.2) is 5.84 Å². The summed E-state index contributed by atoms with van der Waals surface area (Å²) in [4.78, 5) is 13.8. The van der Waals surface area contributed by atoms with Crippen LogP contribution in [0.2, 0.25) is 0 Å². The summed E-state index contributed by atoms with van der Waals surface area (Å²) >= 11 is 0. The summed E-state index contributed by atoms with van der Waals surface area (Å²) in [6.07, 6.45) is 0. The smallest absolute Gasteiger partial charge is 0.285 e. The van der Waals surface area contributed by atoms with E-state index in [1.807, 2.05) is 6.07 Å². The van der Waals surface area contributed by atoms with Crippen LogP contribution in [0, 0.1) is 11.3 Å². The molecule has 0 saturated carbocycles. The van der Waals surface area contributed by atoms with Crippen LogP contribution < -0.4 is 5.32 Å². The molecule has 1 N–H and O–H groups in total. The van der Waals surface area contributed by atoms with E-state index < -0.39 is 10.0 Å². The zero-order chi connectivity index (χ0) is 18.0. The lowest BCUT2D eigenvalue weighted by Gasteiger charge is -2.18. The third-order valence-corrected chi connectivity index (χ3v) is 4.96. The zero-order valence-electron chi connectivity index (χ0n) is 13.3. The minimum atomic E-state index is -3.72. The molecule has 25 heavy (non-hydrogen) atoms. The maximum atomic E-state index is 12.2. The van der Waals surface area contributed by atoms with E-state index in [0.29, 0.717) is 16.8 Å². The van der Waals surface area contributed by atoms with Gasteiger partial charge in [0.05, 0.1) is 18.2 Å². The van der Waals surface area contributed by atoms with Crippen LogP contribution in [0.25, 0.3) is 0 Å². The molecule has 1 heterocycles. The van der Waals surface area contributed by atoms with Crippen molar-refractivity contribution in [2.45, 2.75) is 4.90 Å². The second-order valence-electron chi connectivity index (χ2n) is 5.48. The number of anilines is 1. The van der Waals surface area contributed by atoms with Crippen molar-refractivity contribution >= 4 is 27.5 Å². The van der Waals surface area contributed by atoms with Gasteiger partial charge in [-0.1, -0.05) is 18.2 Å². The second-order valence-corrected chi connectivity index (χ2v) is 7.06. The van der Waals surface area contributed by atoms with Crippen LogP contribution in [0.3, 0.4) is 0 Å². The molecule has 2 aromatic rings. The molecule has 0 atom stereocenters. The number of hydrogen-bond donors (Lipinski definition) is 1. The molecule has 0 spiro atoms. The Bertz CT molecular complexity index is 1020. The number of sulfonamides is 1. The Labute approximate surface area is 145 Å². The van der Waals surface area contributed by atoms with Gasteiger partial charge in [0.2, 0.25) is 5.91 Å². The van der Waals surface area contributed by atoms with Gasteiger partial charge in [-0.3, -0.25) is 4.79 Å². The fraction of sp³-hybridized carbons (Fsp3) is 0.118. The molecule has 1 amide bonds. The van der Waals surface area contributed by atoms with E-state index in [1.165, 1.54) is 11.0 Å². The lowest BCUT2D eigenvalue weighted by Crippen LogP contribution is -2.34. The second kappa shape index (κ2) is 6.37. The number of benzene rings is 2. The van der Waals surface area contributed by atoms with Crippen LogP contribution in [-0.4, -0.2) is 38.7 Å². The number of amidine groups is 1. The first-order chi connectivity index (χ1) is 11.9. The topological polar surface area (TPSA) is 103 Å². The summed E-state index contributed by atoms with van der Waals surface area (Å²) in [6.45, 7) is -0.0839. The normalized spacial score (nSPS) is 14.2. The number of hydrogen-bond acceptors (Lipinski definition) is 5. The van der Waals surface area contributed by atoms with Crippen molar-refractivity contribution in [1.82, 2.24) is 4.90 Å². The van der Waals surface area contributed by atoms with Crippen molar-refractivity contribution < 1.29 is 13.2 Å². The first kappa shape index (κ1) is 16.7. The molecule has 3 rings (SSSR count). The molecule has 0 bridgehead atoms. The summed E-state index contributed by atoms with van der Waals surface area (Å²) in [6, 6.07) is 15.0. The summed E-state index contributed by atoms with van der Waals surface area (Å²) in [5, 5.41) is 11.6. The first-order valence-corrected chi connectivity index (χ1v) is 8.80. The van der Waals surface area contributed by atoms with Crippen LogP contribution in [0.15, 0.2) is 57.8 Å². The average molecular weight is 354 g/mol. The molecular formula is C17H14N4O3S. The number of fused-ring (bicyclic) bond motifs is 1. The molecule has 0 aliphatic carbocycles. The molecule has 8 heteroatoms. The molecule has 126 valence electrons. The van der Waals surface area contributed by atoms with E-state index in [4.69, 9.17) is 5.26 Å². The van der Waals surface area contributed by atoms with E-state index in [0.717, 1.165) is 0 Å². The highest BCUT2D eigenvalue weighted by molar-refractivity contribution is 7.90. The largest absolute Gasteiger partial charge is 0.349 e. The predicted octanol–water partition coefficient (Wildman–Crippen LogP) is 1.58. The molecule has 2 aromatic carbocycles. The average Bonchev–Trinajstić information content (AvgIpc) is 2.87. The SMILES string of the molecule is CN(CC(=O)Nc1cccc(C#N)c1)C1=NS(=O)(=O)c2ccccc21. The Balaban J connectivity index is 1.76. The highest BCUT2D eigenvalue weighted by Crippen LogP contribution is 2.26. The summed E-state index contributed by atoms with van der Waals surface area (Å²) in [5.74, 6) is -0.112. The molecule has 0 saturated heterocycles. The van der Waals surface area contributed by atoms with E-state index in [9.17, 15) is 13.2 Å². The van der Waals surface area contributed by atoms with E-state index in [1.54, 1.807) is 49.5 Å². The van der Waals surface area contributed by atoms with Crippen LogP contribution in [0.5, 0.6) is 0 Å². The maximum Gasteiger partial charge on any atom is 0.285 e. The number of amides is 1. The maximum absolute atomic E-state index is 12.2. The molecule has 7 nitrogen and oxygen atoms in total. The molecule has 1 aliphatic rings. The van der Waals surface area contributed by atoms with Gasteiger partial charge in [0.1, 0.15) is 4.90 Å². The fourth-order valence-electron chi connectivity index (χ4n) is 2.52. The number of nitrogens with zero attached hydrogens (tertiary/aromatic N) is 3. The lowest BCUT2D eigenvalue weighted by atomic mass is 10.2. The van der Waals surface area contributed by atoms with Crippen LogP contribution in [0.1, 0.15) is 11.1 Å². The van der Waals surface area contributed by atoms with Crippen molar-refractivity contribution in [2.24, 2.45) is 4.40 Å². The van der Waals surface area contributed by atoms with Gasteiger partial charge in [-0.25, -0.2) is 0 Å². The monoisotopic (exact) mass is 354 g/mol. The van der Waals surface area contributed by atoms with Gasteiger partial charge < -0.3 is 10.2 Å². The van der Waals surface area contributed by atoms with E-state index in [2.05, 4.69) is 9.71 Å². The zero-order valence-corrected chi connectivity index (χ0v) is 14.1.